The van der Waals surface area contributed by atoms with Crippen molar-refractivity contribution in [1.29, 1.82) is 0 Å². The van der Waals surface area contributed by atoms with E-state index in [2.05, 4.69) is 46.7 Å². The number of nitrogens with one attached hydrogen (secondary N) is 2. The standard InChI is InChI=1S/C14H15BrFN5O4S/c1-7(23)17-9(5-22)6-26-14-12(20-25-21-14)13(19-24)18-8-2-3-11(16)10(15)4-8/h2-4,9,22,24H,5-6H2,1H3,(H,17,23)(H,18,19)/t9-/m1/s1. The topological polar surface area (TPSA) is 133 Å². The second kappa shape index (κ2) is 9.50. The Morgan fingerprint density at radius 1 is 1.50 bits per heavy atom. The minimum atomic E-state index is -0.488. The van der Waals surface area contributed by atoms with Crippen LogP contribution in [0.2, 0.25) is 0 Å². The molecule has 1 aromatic carbocycles. The molecule has 9 nitrogen and oxygen atoms in total. The maximum Gasteiger partial charge on any atom is 0.217 e. The van der Waals surface area contributed by atoms with Gasteiger partial charge < -0.3 is 20.9 Å². The van der Waals surface area contributed by atoms with Crippen LogP contribution in [0.15, 0.2) is 37.5 Å². The Morgan fingerprint density at radius 2 is 2.27 bits per heavy atom. The summed E-state index contributed by atoms with van der Waals surface area (Å²) in [6, 6.07) is 3.65. The van der Waals surface area contributed by atoms with Gasteiger partial charge in [0.2, 0.25) is 11.7 Å². The van der Waals surface area contributed by atoms with Crippen molar-refractivity contribution in [3.8, 4) is 0 Å². The molecule has 2 rings (SSSR count). The molecule has 0 aliphatic heterocycles. The number of benzene rings is 1. The highest BCUT2D eigenvalue weighted by molar-refractivity contribution is 9.10. The summed E-state index contributed by atoms with van der Waals surface area (Å²) in [6.07, 6.45) is 0. The Balaban J connectivity index is 2.11. The normalized spacial score (nSPS) is 12.7. The van der Waals surface area contributed by atoms with Crippen LogP contribution in [-0.2, 0) is 4.79 Å². The fourth-order valence-electron chi connectivity index (χ4n) is 1.87. The van der Waals surface area contributed by atoms with Crippen LogP contribution in [0.25, 0.3) is 0 Å². The third-order valence-electron chi connectivity index (χ3n) is 3.01. The minimum Gasteiger partial charge on any atom is -0.409 e. The maximum absolute atomic E-state index is 13.3. The average molecular weight is 448 g/mol. The van der Waals surface area contributed by atoms with Crippen LogP contribution < -0.4 is 10.6 Å². The number of anilines is 1. The fraction of sp³-hybridized carbons (Fsp3) is 0.286. The van der Waals surface area contributed by atoms with Crippen molar-refractivity contribution >= 4 is 45.1 Å². The molecule has 1 atom stereocenters. The Bertz CT molecular complexity index is 803. The highest BCUT2D eigenvalue weighted by Gasteiger charge is 2.20. The van der Waals surface area contributed by atoms with Crippen molar-refractivity contribution in [2.24, 2.45) is 5.16 Å². The number of oxime groups is 1. The number of halogens is 2. The number of amides is 1. The number of rotatable bonds is 7. The van der Waals surface area contributed by atoms with Crippen molar-refractivity contribution in [2.75, 3.05) is 17.7 Å². The summed E-state index contributed by atoms with van der Waals surface area (Å²) in [7, 11) is 0. The van der Waals surface area contributed by atoms with Crippen LogP contribution in [0.3, 0.4) is 0 Å². The zero-order valence-electron chi connectivity index (χ0n) is 13.4. The quantitative estimate of drug-likeness (QED) is 0.166. The molecular formula is C14H15BrFN5O4S. The predicted octanol–water partition coefficient (Wildman–Crippen LogP) is 1.81. The fourth-order valence-corrected chi connectivity index (χ4v) is 3.15. The van der Waals surface area contributed by atoms with E-state index < -0.39 is 11.9 Å². The molecule has 0 saturated carbocycles. The summed E-state index contributed by atoms with van der Waals surface area (Å²) in [4.78, 5) is 11.1. The number of aromatic nitrogens is 2. The van der Waals surface area contributed by atoms with Crippen LogP contribution in [-0.4, -0.2) is 50.8 Å². The number of hydrogen-bond acceptors (Lipinski definition) is 8. The van der Waals surface area contributed by atoms with Crippen LogP contribution >= 0.6 is 27.7 Å². The molecule has 0 bridgehead atoms. The molecule has 1 amide bonds. The van der Waals surface area contributed by atoms with Gasteiger partial charge >= 0.3 is 0 Å². The van der Waals surface area contributed by atoms with Gasteiger partial charge in [0, 0.05) is 18.4 Å². The van der Waals surface area contributed by atoms with Gasteiger partial charge in [-0.3, -0.25) is 4.79 Å². The first-order chi connectivity index (χ1) is 12.4. The van der Waals surface area contributed by atoms with Gasteiger partial charge in [0.05, 0.1) is 17.1 Å². The molecule has 4 N–H and O–H groups in total. The lowest BCUT2D eigenvalue weighted by Crippen LogP contribution is -2.37. The minimum absolute atomic E-state index is 0.0627. The zero-order valence-corrected chi connectivity index (χ0v) is 15.8. The van der Waals surface area contributed by atoms with Gasteiger partial charge in [-0.1, -0.05) is 16.9 Å². The van der Waals surface area contributed by atoms with E-state index in [9.17, 15) is 19.5 Å². The number of thioether (sulfide) groups is 1. The maximum atomic E-state index is 13.3. The molecule has 1 aromatic heterocycles. The van der Waals surface area contributed by atoms with Crippen LogP contribution in [0, 0.1) is 5.82 Å². The summed E-state index contributed by atoms with van der Waals surface area (Å²) in [5.41, 5.74) is 0.564. The Labute approximate surface area is 160 Å². The summed E-state index contributed by atoms with van der Waals surface area (Å²) in [5.74, 6) is -0.486. The monoisotopic (exact) mass is 447 g/mol. The van der Waals surface area contributed by atoms with Gasteiger partial charge in [-0.05, 0) is 44.4 Å². The van der Waals surface area contributed by atoms with Crippen molar-refractivity contribution in [1.82, 2.24) is 15.6 Å². The number of amidine groups is 1. The number of carbonyl (C=O) groups is 1. The molecule has 1 heterocycles. The van der Waals surface area contributed by atoms with E-state index in [-0.39, 0.29) is 39.3 Å². The second-order valence-corrected chi connectivity index (χ2v) is 6.87. The summed E-state index contributed by atoms with van der Waals surface area (Å²) in [6.45, 7) is 1.09. The number of aliphatic hydroxyl groups is 1. The smallest absolute Gasteiger partial charge is 0.217 e. The third-order valence-corrected chi connectivity index (χ3v) is 4.73. The molecule has 0 fully saturated rings. The van der Waals surface area contributed by atoms with E-state index in [1.54, 1.807) is 0 Å². The molecule has 0 radical (unpaired) electrons. The lowest BCUT2D eigenvalue weighted by Gasteiger charge is -2.13. The van der Waals surface area contributed by atoms with E-state index in [0.29, 0.717) is 5.69 Å². The van der Waals surface area contributed by atoms with Crippen molar-refractivity contribution in [2.45, 2.75) is 18.0 Å². The largest absolute Gasteiger partial charge is 0.409 e. The number of aliphatic hydroxyl groups excluding tert-OH is 1. The van der Waals surface area contributed by atoms with Gasteiger partial charge in [0.25, 0.3) is 0 Å². The molecular weight excluding hydrogens is 433 g/mol. The van der Waals surface area contributed by atoms with Gasteiger partial charge in [-0.25, -0.2) is 9.02 Å². The molecule has 2 aromatic rings. The average Bonchev–Trinajstić information content (AvgIpc) is 3.07. The predicted molar refractivity (Wildman–Crippen MR) is 95.8 cm³/mol. The first-order valence-corrected chi connectivity index (χ1v) is 9.00. The molecule has 0 aliphatic rings. The zero-order chi connectivity index (χ0) is 19.1. The van der Waals surface area contributed by atoms with Crippen molar-refractivity contribution in [3.05, 3.63) is 34.2 Å². The van der Waals surface area contributed by atoms with Gasteiger partial charge in [-0.2, -0.15) is 0 Å². The van der Waals surface area contributed by atoms with Crippen LogP contribution in [0.1, 0.15) is 12.6 Å². The van der Waals surface area contributed by atoms with Crippen LogP contribution in [0.5, 0.6) is 0 Å². The van der Waals surface area contributed by atoms with Crippen molar-refractivity contribution in [3.63, 3.8) is 0 Å². The van der Waals surface area contributed by atoms with E-state index in [1.807, 2.05) is 0 Å². The summed E-state index contributed by atoms with van der Waals surface area (Å²) < 4.78 is 18.2. The second-order valence-electron chi connectivity index (χ2n) is 5.01. The molecule has 0 unspecified atom stereocenters. The highest BCUT2D eigenvalue weighted by atomic mass is 79.9. The summed E-state index contributed by atoms with van der Waals surface area (Å²) in [5, 5.41) is 34.8. The molecule has 0 saturated heterocycles. The van der Waals surface area contributed by atoms with Gasteiger partial charge in [0.15, 0.2) is 10.7 Å². The lowest BCUT2D eigenvalue weighted by molar-refractivity contribution is -0.119. The van der Waals surface area contributed by atoms with Gasteiger partial charge in [0.1, 0.15) is 5.82 Å². The Morgan fingerprint density at radius 3 is 2.88 bits per heavy atom. The molecule has 0 aliphatic carbocycles. The first kappa shape index (κ1) is 20.1. The summed E-state index contributed by atoms with van der Waals surface area (Å²) >= 11 is 4.21. The third kappa shape index (κ3) is 5.41. The number of nitrogens with zero attached hydrogens (tertiary/aromatic N) is 3. The molecule has 26 heavy (non-hydrogen) atoms. The molecule has 0 spiro atoms. The lowest BCUT2D eigenvalue weighted by atomic mass is 10.3. The Hall–Kier alpha value is -2.18. The van der Waals surface area contributed by atoms with E-state index >= 15 is 0 Å². The first-order valence-electron chi connectivity index (χ1n) is 7.22. The molecule has 12 heteroatoms. The molecule has 140 valence electrons. The SMILES string of the molecule is CC(=O)N[C@H](CO)CSc1nonc1/C(=N\O)Nc1ccc(F)c(Br)c1. The van der Waals surface area contributed by atoms with Crippen molar-refractivity contribution < 1.29 is 24.1 Å². The highest BCUT2D eigenvalue weighted by Crippen LogP contribution is 2.23. The van der Waals surface area contributed by atoms with Crippen LogP contribution in [0.4, 0.5) is 10.1 Å². The number of hydrogen-bond donors (Lipinski definition) is 4. The van der Waals surface area contributed by atoms with E-state index in [4.69, 9.17) is 0 Å². The van der Waals surface area contributed by atoms with E-state index in [0.717, 1.165) is 11.8 Å². The Kier molecular flexibility index (Phi) is 7.36. The van der Waals surface area contributed by atoms with Gasteiger partial charge in [-0.15, -0.1) is 0 Å². The van der Waals surface area contributed by atoms with E-state index in [1.165, 1.54) is 25.1 Å². The number of carbonyl (C=O) groups excluding carboxylic acids is 1.